The molecule has 0 spiro atoms. The summed E-state index contributed by atoms with van der Waals surface area (Å²) in [5, 5.41) is 10.9. The molecule has 0 atom stereocenters. The first-order valence-corrected chi connectivity index (χ1v) is 7.27. The van der Waals surface area contributed by atoms with Crippen molar-refractivity contribution in [2.75, 3.05) is 0 Å². The molecule has 5 heteroatoms. The van der Waals surface area contributed by atoms with Gasteiger partial charge >= 0.3 is 5.97 Å². The molecule has 2 aromatic rings. The summed E-state index contributed by atoms with van der Waals surface area (Å²) >= 11 is 0. The number of hydrogen-bond donors (Lipinski definition) is 0. The Morgan fingerprint density at radius 3 is 2.22 bits per heavy atom. The Hall–Kier alpha value is -2.69. The zero-order valence-corrected chi connectivity index (χ0v) is 13.6. The zero-order valence-electron chi connectivity index (χ0n) is 13.6. The lowest BCUT2D eigenvalue weighted by molar-refractivity contribution is -0.385. The Labute approximate surface area is 135 Å². The molecular formula is C18H19NO4. The molecule has 0 aliphatic rings. The number of carbonyl (C=O) groups is 1. The van der Waals surface area contributed by atoms with Crippen LogP contribution in [0, 0.1) is 17.0 Å². The Kier molecular flexibility index (Phi) is 4.50. The molecule has 0 bridgehead atoms. The van der Waals surface area contributed by atoms with Crippen LogP contribution >= 0.6 is 0 Å². The minimum absolute atomic E-state index is 0.0131. The normalized spacial score (nSPS) is 11.1. The van der Waals surface area contributed by atoms with Gasteiger partial charge in [0.05, 0.1) is 10.5 Å². The van der Waals surface area contributed by atoms with E-state index in [2.05, 4.69) is 20.8 Å². The van der Waals surface area contributed by atoms with E-state index in [1.807, 2.05) is 12.1 Å². The van der Waals surface area contributed by atoms with E-state index in [4.69, 9.17) is 4.74 Å². The number of nitrogens with zero attached hydrogens (tertiary/aromatic N) is 1. The lowest BCUT2D eigenvalue weighted by Crippen LogP contribution is -2.13. The van der Waals surface area contributed by atoms with Crippen molar-refractivity contribution in [2.24, 2.45) is 0 Å². The fraction of sp³-hybridized carbons (Fsp3) is 0.278. The predicted octanol–water partition coefficient (Wildman–Crippen LogP) is 4.42. The van der Waals surface area contributed by atoms with Gasteiger partial charge < -0.3 is 4.74 Å². The second kappa shape index (κ2) is 6.20. The fourth-order valence-corrected chi connectivity index (χ4v) is 2.23. The third kappa shape index (κ3) is 3.74. The SMILES string of the molecule is Cc1c(C(=O)Oc2ccc(C(C)(C)C)cc2)cccc1[N+](=O)[O-]. The average molecular weight is 313 g/mol. The van der Waals surface area contributed by atoms with Crippen LogP contribution in [0.5, 0.6) is 5.75 Å². The summed E-state index contributed by atoms with van der Waals surface area (Å²) in [7, 11) is 0. The molecule has 0 heterocycles. The van der Waals surface area contributed by atoms with E-state index >= 15 is 0 Å². The van der Waals surface area contributed by atoms with Crippen LogP contribution in [0.3, 0.4) is 0 Å². The minimum atomic E-state index is -0.602. The van der Waals surface area contributed by atoms with Crippen LogP contribution in [-0.4, -0.2) is 10.9 Å². The molecule has 0 radical (unpaired) electrons. The number of ether oxygens (including phenoxy) is 1. The quantitative estimate of drug-likeness (QED) is 0.364. The topological polar surface area (TPSA) is 69.4 Å². The van der Waals surface area contributed by atoms with E-state index < -0.39 is 10.9 Å². The van der Waals surface area contributed by atoms with Crippen molar-refractivity contribution >= 4 is 11.7 Å². The van der Waals surface area contributed by atoms with Gasteiger partial charge in [0, 0.05) is 11.6 Å². The molecule has 0 fully saturated rings. The molecule has 0 saturated heterocycles. The molecule has 120 valence electrons. The Morgan fingerprint density at radius 1 is 1.09 bits per heavy atom. The molecule has 0 unspecified atom stereocenters. The van der Waals surface area contributed by atoms with Gasteiger partial charge in [-0.05, 0) is 36.1 Å². The van der Waals surface area contributed by atoms with Gasteiger partial charge in [0.25, 0.3) is 5.69 Å². The van der Waals surface area contributed by atoms with E-state index in [0.29, 0.717) is 11.3 Å². The summed E-state index contributed by atoms with van der Waals surface area (Å²) in [6, 6.07) is 11.6. The Morgan fingerprint density at radius 2 is 1.70 bits per heavy atom. The number of nitro benzene ring substituents is 1. The summed E-state index contributed by atoms with van der Waals surface area (Å²) in [6.07, 6.45) is 0. The maximum atomic E-state index is 12.2. The highest BCUT2D eigenvalue weighted by molar-refractivity contribution is 5.93. The first kappa shape index (κ1) is 16.7. The van der Waals surface area contributed by atoms with E-state index in [1.165, 1.54) is 25.1 Å². The third-order valence-corrected chi connectivity index (χ3v) is 3.65. The smallest absolute Gasteiger partial charge is 0.344 e. The van der Waals surface area contributed by atoms with Gasteiger partial charge in [-0.2, -0.15) is 0 Å². The Bertz CT molecular complexity index is 743. The molecule has 23 heavy (non-hydrogen) atoms. The van der Waals surface area contributed by atoms with Gasteiger partial charge in [-0.1, -0.05) is 39.0 Å². The molecule has 2 aromatic carbocycles. The largest absolute Gasteiger partial charge is 0.423 e. The van der Waals surface area contributed by atoms with Crippen molar-refractivity contribution in [2.45, 2.75) is 33.1 Å². The summed E-state index contributed by atoms with van der Waals surface area (Å²) in [6.45, 7) is 7.83. The lowest BCUT2D eigenvalue weighted by atomic mass is 9.87. The van der Waals surface area contributed by atoms with Crippen LogP contribution in [0.2, 0.25) is 0 Å². The highest BCUT2D eigenvalue weighted by atomic mass is 16.6. The van der Waals surface area contributed by atoms with Crippen molar-refractivity contribution in [3.63, 3.8) is 0 Å². The fourth-order valence-electron chi connectivity index (χ4n) is 2.23. The van der Waals surface area contributed by atoms with Gasteiger partial charge in [-0.15, -0.1) is 0 Å². The molecule has 2 rings (SSSR count). The van der Waals surface area contributed by atoms with Gasteiger partial charge in [-0.3, -0.25) is 10.1 Å². The van der Waals surface area contributed by atoms with E-state index in [9.17, 15) is 14.9 Å². The van der Waals surface area contributed by atoms with Crippen LogP contribution in [0.4, 0.5) is 5.69 Å². The second-order valence-corrected chi connectivity index (χ2v) is 6.37. The molecule has 0 saturated carbocycles. The lowest BCUT2D eigenvalue weighted by Gasteiger charge is -2.19. The summed E-state index contributed by atoms with van der Waals surface area (Å²) in [4.78, 5) is 22.7. The molecule has 0 aliphatic heterocycles. The standard InChI is InChI=1S/C18H19NO4/c1-12-15(6-5-7-16(12)19(21)22)17(20)23-14-10-8-13(9-11-14)18(2,3)4/h5-11H,1-4H3. The molecule has 5 nitrogen and oxygen atoms in total. The van der Waals surface area contributed by atoms with Crippen LogP contribution in [0.25, 0.3) is 0 Å². The van der Waals surface area contributed by atoms with Gasteiger partial charge in [0.15, 0.2) is 0 Å². The van der Waals surface area contributed by atoms with Crippen LogP contribution in [0.15, 0.2) is 42.5 Å². The predicted molar refractivity (Wildman–Crippen MR) is 87.9 cm³/mol. The summed E-state index contributed by atoms with van der Waals surface area (Å²) in [5.41, 5.74) is 1.54. The minimum Gasteiger partial charge on any atom is -0.423 e. The summed E-state index contributed by atoms with van der Waals surface area (Å²) < 4.78 is 5.32. The number of carbonyl (C=O) groups excluding carboxylic acids is 1. The first-order chi connectivity index (χ1) is 10.7. The van der Waals surface area contributed by atoms with E-state index in [1.54, 1.807) is 12.1 Å². The molecular weight excluding hydrogens is 294 g/mol. The maximum absolute atomic E-state index is 12.2. The van der Waals surface area contributed by atoms with Crippen LogP contribution < -0.4 is 4.74 Å². The highest BCUT2D eigenvalue weighted by Gasteiger charge is 2.20. The second-order valence-electron chi connectivity index (χ2n) is 6.37. The number of hydrogen-bond acceptors (Lipinski definition) is 4. The monoisotopic (exact) mass is 313 g/mol. The highest BCUT2D eigenvalue weighted by Crippen LogP contribution is 2.26. The van der Waals surface area contributed by atoms with E-state index in [0.717, 1.165) is 5.56 Å². The van der Waals surface area contributed by atoms with Gasteiger partial charge in [0.1, 0.15) is 5.75 Å². The van der Waals surface area contributed by atoms with Crippen molar-refractivity contribution in [1.29, 1.82) is 0 Å². The van der Waals surface area contributed by atoms with Crippen molar-refractivity contribution < 1.29 is 14.5 Å². The number of rotatable bonds is 3. The summed E-state index contributed by atoms with van der Waals surface area (Å²) in [5.74, 6) is -0.191. The van der Waals surface area contributed by atoms with Gasteiger partial charge in [0.2, 0.25) is 0 Å². The van der Waals surface area contributed by atoms with E-state index in [-0.39, 0.29) is 16.7 Å². The molecule has 0 amide bonds. The first-order valence-electron chi connectivity index (χ1n) is 7.27. The molecule has 0 aliphatic carbocycles. The maximum Gasteiger partial charge on any atom is 0.344 e. The van der Waals surface area contributed by atoms with Crippen LogP contribution in [0.1, 0.15) is 42.3 Å². The third-order valence-electron chi connectivity index (χ3n) is 3.65. The average Bonchev–Trinajstić information content (AvgIpc) is 2.46. The van der Waals surface area contributed by atoms with Crippen LogP contribution in [-0.2, 0) is 5.41 Å². The molecule has 0 aromatic heterocycles. The zero-order chi connectivity index (χ0) is 17.2. The van der Waals surface area contributed by atoms with Crippen molar-refractivity contribution in [1.82, 2.24) is 0 Å². The molecule has 0 N–H and O–H groups in total. The number of esters is 1. The van der Waals surface area contributed by atoms with Crippen molar-refractivity contribution in [3.05, 3.63) is 69.3 Å². The Balaban J connectivity index is 2.23. The number of nitro groups is 1. The van der Waals surface area contributed by atoms with Crippen molar-refractivity contribution in [3.8, 4) is 5.75 Å². The number of benzene rings is 2. The van der Waals surface area contributed by atoms with Gasteiger partial charge in [-0.25, -0.2) is 4.79 Å².